The van der Waals surface area contributed by atoms with Crippen molar-refractivity contribution in [3.8, 4) is 6.07 Å². The number of ether oxygens (including phenoxy) is 1. The van der Waals surface area contributed by atoms with Gasteiger partial charge in [-0.15, -0.1) is 0 Å². The molecule has 2 N–H and O–H groups in total. The molecule has 0 aliphatic rings. The molecule has 1 rings (SSSR count). The number of carbonyl (C=O) groups is 2. The van der Waals surface area contributed by atoms with Crippen LogP contribution in [0.2, 0.25) is 0 Å². The van der Waals surface area contributed by atoms with Crippen LogP contribution in [0.1, 0.15) is 29.3 Å². The number of carbonyl (C=O) groups excluding carboxylic acids is 2. The van der Waals surface area contributed by atoms with Crippen LogP contribution >= 0.6 is 0 Å². The monoisotopic (exact) mass is 289 g/mol. The summed E-state index contributed by atoms with van der Waals surface area (Å²) in [5, 5.41) is 8.50. The molecule has 112 valence electrons. The fourth-order valence-electron chi connectivity index (χ4n) is 1.77. The average Bonchev–Trinajstić information content (AvgIpc) is 2.46. The molecule has 0 bridgehead atoms. The van der Waals surface area contributed by atoms with Crippen LogP contribution in [-0.4, -0.2) is 36.5 Å². The van der Waals surface area contributed by atoms with Gasteiger partial charge in [-0.3, -0.25) is 4.79 Å². The number of hydrogen-bond acceptors (Lipinski definition) is 5. The van der Waals surface area contributed by atoms with Gasteiger partial charge in [-0.1, -0.05) is 12.1 Å². The van der Waals surface area contributed by atoms with Crippen molar-refractivity contribution in [1.29, 1.82) is 5.26 Å². The van der Waals surface area contributed by atoms with E-state index in [1.165, 1.54) is 11.8 Å². The second-order valence-electron chi connectivity index (χ2n) is 4.75. The molecule has 21 heavy (non-hydrogen) atoms. The first-order valence-electron chi connectivity index (χ1n) is 6.56. The van der Waals surface area contributed by atoms with Crippen molar-refractivity contribution in [3.05, 3.63) is 29.3 Å². The number of nitrogen functional groups attached to an aromatic ring is 1. The number of hydrogen-bond donors (Lipinski definition) is 1. The number of nitrogens with two attached hydrogens (primary N) is 1. The number of likely N-dealkylation sites (N-methyl/N-ethyl adjacent to an activating group) is 1. The van der Waals surface area contributed by atoms with Gasteiger partial charge in [0.15, 0.2) is 6.10 Å². The number of benzene rings is 1. The topological polar surface area (TPSA) is 96.4 Å². The van der Waals surface area contributed by atoms with E-state index in [0.717, 1.165) is 5.56 Å². The van der Waals surface area contributed by atoms with Gasteiger partial charge in [0.25, 0.3) is 5.91 Å². The fraction of sp³-hybridized carbons (Fsp3) is 0.400. The molecule has 1 atom stereocenters. The molecule has 6 heteroatoms. The van der Waals surface area contributed by atoms with Crippen LogP contribution in [0.25, 0.3) is 0 Å². The summed E-state index contributed by atoms with van der Waals surface area (Å²) in [5.74, 6) is -0.990. The maximum absolute atomic E-state index is 12.0. The number of anilines is 1. The number of nitriles is 1. The first kappa shape index (κ1) is 16.5. The van der Waals surface area contributed by atoms with Gasteiger partial charge in [0, 0.05) is 19.3 Å². The van der Waals surface area contributed by atoms with E-state index < -0.39 is 12.1 Å². The normalized spacial score (nSPS) is 11.3. The zero-order valence-electron chi connectivity index (χ0n) is 12.4. The van der Waals surface area contributed by atoms with Crippen LogP contribution in [0, 0.1) is 18.3 Å². The van der Waals surface area contributed by atoms with Crippen molar-refractivity contribution in [2.75, 3.05) is 19.3 Å². The van der Waals surface area contributed by atoms with E-state index in [9.17, 15) is 9.59 Å². The van der Waals surface area contributed by atoms with Gasteiger partial charge < -0.3 is 15.4 Å². The van der Waals surface area contributed by atoms with Gasteiger partial charge in [-0.05, 0) is 25.5 Å². The quantitative estimate of drug-likeness (QED) is 0.654. The molecule has 1 aromatic carbocycles. The Labute approximate surface area is 124 Å². The molecule has 0 spiro atoms. The minimum Gasteiger partial charge on any atom is -0.449 e. The second kappa shape index (κ2) is 7.29. The highest BCUT2D eigenvalue weighted by atomic mass is 16.5. The highest BCUT2D eigenvalue weighted by Crippen LogP contribution is 2.18. The molecule has 0 aliphatic carbocycles. The first-order valence-corrected chi connectivity index (χ1v) is 6.56. The van der Waals surface area contributed by atoms with E-state index >= 15 is 0 Å². The predicted octanol–water partition coefficient (Wildman–Crippen LogP) is 1.49. The Morgan fingerprint density at radius 3 is 2.76 bits per heavy atom. The van der Waals surface area contributed by atoms with Crippen LogP contribution in [0.3, 0.4) is 0 Å². The van der Waals surface area contributed by atoms with Gasteiger partial charge in [0.05, 0.1) is 18.1 Å². The minimum atomic E-state index is -0.930. The van der Waals surface area contributed by atoms with Crippen LogP contribution in [0.4, 0.5) is 5.69 Å². The van der Waals surface area contributed by atoms with Crippen molar-refractivity contribution >= 4 is 17.6 Å². The van der Waals surface area contributed by atoms with Crippen LogP contribution in [0.5, 0.6) is 0 Å². The number of nitrogens with zero attached hydrogens (tertiary/aromatic N) is 2. The Balaban J connectivity index is 2.72. The molecule has 0 unspecified atom stereocenters. The number of aryl methyl sites for hydroxylation is 1. The summed E-state index contributed by atoms with van der Waals surface area (Å²) in [6.07, 6.45) is -0.700. The number of amides is 1. The van der Waals surface area contributed by atoms with Crippen molar-refractivity contribution in [3.63, 3.8) is 0 Å². The van der Waals surface area contributed by atoms with Crippen LogP contribution in [-0.2, 0) is 9.53 Å². The summed E-state index contributed by atoms with van der Waals surface area (Å²) >= 11 is 0. The first-order chi connectivity index (χ1) is 9.88. The SMILES string of the molecule is Cc1cccc(C(=O)O[C@H](C)C(=O)N(C)CCC#N)c1N. The summed E-state index contributed by atoms with van der Waals surface area (Å²) in [6, 6.07) is 7.00. The third-order valence-electron chi connectivity index (χ3n) is 3.11. The number of rotatable bonds is 5. The van der Waals surface area contributed by atoms with Gasteiger partial charge in [0.2, 0.25) is 0 Å². The summed E-state index contributed by atoms with van der Waals surface area (Å²) in [5.41, 5.74) is 7.19. The Morgan fingerprint density at radius 1 is 1.48 bits per heavy atom. The third kappa shape index (κ3) is 4.21. The Bertz CT molecular complexity index is 578. The van der Waals surface area contributed by atoms with Crippen molar-refractivity contribution in [1.82, 2.24) is 4.90 Å². The van der Waals surface area contributed by atoms with E-state index in [1.807, 2.05) is 6.07 Å². The zero-order valence-corrected chi connectivity index (χ0v) is 12.4. The van der Waals surface area contributed by atoms with Crippen LogP contribution in [0.15, 0.2) is 18.2 Å². The molecule has 0 saturated heterocycles. The van der Waals surface area contributed by atoms with E-state index in [2.05, 4.69) is 0 Å². The molecule has 0 saturated carbocycles. The third-order valence-corrected chi connectivity index (χ3v) is 3.11. The smallest absolute Gasteiger partial charge is 0.341 e. The van der Waals surface area contributed by atoms with Crippen molar-refractivity contribution in [2.45, 2.75) is 26.4 Å². The Hall–Kier alpha value is -2.55. The molecule has 6 nitrogen and oxygen atoms in total. The molecule has 0 aromatic heterocycles. The highest BCUT2D eigenvalue weighted by molar-refractivity contribution is 5.97. The molecule has 1 amide bonds. The largest absolute Gasteiger partial charge is 0.449 e. The van der Waals surface area contributed by atoms with E-state index in [-0.39, 0.29) is 17.9 Å². The van der Waals surface area contributed by atoms with E-state index in [4.69, 9.17) is 15.7 Å². The van der Waals surface area contributed by atoms with Crippen LogP contribution < -0.4 is 5.73 Å². The lowest BCUT2D eigenvalue weighted by atomic mass is 10.1. The van der Waals surface area contributed by atoms with Crippen molar-refractivity contribution in [2.24, 2.45) is 0 Å². The standard InChI is InChI=1S/C15H19N3O3/c1-10-6-4-7-12(13(10)17)15(20)21-11(2)14(19)18(3)9-5-8-16/h4,6-7,11H,5,9,17H2,1-3H3/t11-/m1/s1. The number of esters is 1. The summed E-state index contributed by atoms with van der Waals surface area (Å²) in [4.78, 5) is 25.4. The van der Waals surface area contributed by atoms with Gasteiger partial charge in [0.1, 0.15) is 0 Å². The molecule has 1 aromatic rings. The lowest BCUT2D eigenvalue weighted by molar-refractivity contribution is -0.138. The van der Waals surface area contributed by atoms with E-state index in [1.54, 1.807) is 32.2 Å². The lowest BCUT2D eigenvalue weighted by Gasteiger charge is -2.20. The summed E-state index contributed by atoms with van der Waals surface area (Å²) in [6.45, 7) is 3.58. The highest BCUT2D eigenvalue weighted by Gasteiger charge is 2.23. The minimum absolute atomic E-state index is 0.230. The number of para-hydroxylation sites is 1. The average molecular weight is 289 g/mol. The van der Waals surface area contributed by atoms with Gasteiger partial charge in [-0.25, -0.2) is 4.79 Å². The van der Waals surface area contributed by atoms with Gasteiger partial charge in [-0.2, -0.15) is 5.26 Å². The molecule has 0 fully saturated rings. The predicted molar refractivity (Wildman–Crippen MR) is 78.3 cm³/mol. The van der Waals surface area contributed by atoms with Gasteiger partial charge >= 0.3 is 5.97 Å². The molecular formula is C15H19N3O3. The molecule has 0 aliphatic heterocycles. The maximum atomic E-state index is 12.0. The van der Waals surface area contributed by atoms with Crippen molar-refractivity contribution < 1.29 is 14.3 Å². The fourth-order valence-corrected chi connectivity index (χ4v) is 1.77. The Morgan fingerprint density at radius 2 is 2.14 bits per heavy atom. The summed E-state index contributed by atoms with van der Waals surface area (Å²) < 4.78 is 5.14. The maximum Gasteiger partial charge on any atom is 0.341 e. The molecule has 0 heterocycles. The van der Waals surface area contributed by atoms with E-state index in [0.29, 0.717) is 12.2 Å². The summed E-state index contributed by atoms with van der Waals surface area (Å²) in [7, 11) is 1.56. The lowest BCUT2D eigenvalue weighted by Crippen LogP contribution is -2.38. The molecular weight excluding hydrogens is 270 g/mol. The zero-order chi connectivity index (χ0) is 16.0. The molecule has 0 radical (unpaired) electrons. The second-order valence-corrected chi connectivity index (χ2v) is 4.75. The Kier molecular flexibility index (Phi) is 5.73.